The molecular formula is C11H13BO3. The van der Waals surface area contributed by atoms with Gasteiger partial charge in [0.15, 0.2) is 7.85 Å². The molecule has 0 spiro atoms. The quantitative estimate of drug-likeness (QED) is 0.522. The summed E-state index contributed by atoms with van der Waals surface area (Å²) in [6.07, 6.45) is 0.426. The normalized spacial score (nSPS) is 9.60. The Bertz CT molecular complexity index is 335. The van der Waals surface area contributed by atoms with Crippen LogP contribution in [0, 0.1) is 0 Å². The van der Waals surface area contributed by atoms with Gasteiger partial charge >= 0.3 is 5.97 Å². The fraction of sp³-hybridized carbons (Fsp3) is 0.273. The highest BCUT2D eigenvalue weighted by Crippen LogP contribution is 2.02. The molecule has 0 heterocycles. The average molecular weight is 204 g/mol. The number of hydrogen-bond donors (Lipinski definition) is 0. The summed E-state index contributed by atoms with van der Waals surface area (Å²) >= 11 is 0. The number of rotatable bonds is 5. The minimum Gasteiger partial charge on any atom is -0.461 e. The van der Waals surface area contributed by atoms with Gasteiger partial charge in [-0.05, 0) is 5.56 Å². The number of carbonyl (C=O) groups is 2. The minimum absolute atomic E-state index is 0.00617. The summed E-state index contributed by atoms with van der Waals surface area (Å²) in [4.78, 5) is 21.8. The van der Waals surface area contributed by atoms with Crippen LogP contribution in [-0.4, -0.2) is 19.5 Å². The van der Waals surface area contributed by atoms with Gasteiger partial charge in [-0.15, -0.1) is 0 Å². The van der Waals surface area contributed by atoms with E-state index in [-0.39, 0.29) is 31.1 Å². The van der Waals surface area contributed by atoms with Crippen LogP contribution >= 0.6 is 0 Å². The van der Waals surface area contributed by atoms with Gasteiger partial charge in [0.05, 0.1) is 12.1 Å². The molecule has 0 fully saturated rings. The van der Waals surface area contributed by atoms with Crippen molar-refractivity contribution in [1.82, 2.24) is 0 Å². The van der Waals surface area contributed by atoms with Crippen molar-refractivity contribution >= 4 is 19.5 Å². The number of ether oxygens (including phenoxy) is 1. The predicted octanol–water partition coefficient (Wildman–Crippen LogP) is 0.670. The largest absolute Gasteiger partial charge is 0.461 e. The zero-order chi connectivity index (χ0) is 11.1. The number of esters is 1. The SMILES string of the molecule is BC(=O)CCC(=O)OCc1ccccc1. The molecule has 3 nitrogen and oxygen atoms in total. The highest BCUT2D eigenvalue weighted by molar-refractivity contribution is 6.57. The van der Waals surface area contributed by atoms with Crippen LogP contribution in [0.1, 0.15) is 18.4 Å². The van der Waals surface area contributed by atoms with Gasteiger partial charge in [-0.1, -0.05) is 30.3 Å². The molecule has 1 rings (SSSR count). The van der Waals surface area contributed by atoms with Crippen LogP contribution in [0.5, 0.6) is 0 Å². The Morgan fingerprint density at radius 2 is 1.80 bits per heavy atom. The van der Waals surface area contributed by atoms with Crippen LogP contribution in [0.3, 0.4) is 0 Å². The zero-order valence-electron chi connectivity index (χ0n) is 8.73. The highest BCUT2D eigenvalue weighted by atomic mass is 16.5. The second-order valence-corrected chi connectivity index (χ2v) is 3.35. The lowest BCUT2D eigenvalue weighted by Gasteiger charge is -2.03. The van der Waals surface area contributed by atoms with Crippen LogP contribution in [0.4, 0.5) is 0 Å². The smallest absolute Gasteiger partial charge is 0.306 e. The van der Waals surface area contributed by atoms with E-state index < -0.39 is 0 Å². The van der Waals surface area contributed by atoms with E-state index in [0.29, 0.717) is 0 Å². The monoisotopic (exact) mass is 204 g/mol. The van der Waals surface area contributed by atoms with Crippen molar-refractivity contribution < 1.29 is 14.3 Å². The lowest BCUT2D eigenvalue weighted by Crippen LogP contribution is -2.07. The van der Waals surface area contributed by atoms with Crippen molar-refractivity contribution in [3.8, 4) is 0 Å². The number of hydrogen-bond acceptors (Lipinski definition) is 3. The van der Waals surface area contributed by atoms with Gasteiger partial charge in [-0.2, -0.15) is 0 Å². The predicted molar refractivity (Wildman–Crippen MR) is 59.0 cm³/mol. The van der Waals surface area contributed by atoms with E-state index in [1.54, 1.807) is 0 Å². The van der Waals surface area contributed by atoms with Crippen molar-refractivity contribution in [3.05, 3.63) is 35.9 Å². The third-order valence-corrected chi connectivity index (χ3v) is 1.92. The van der Waals surface area contributed by atoms with Gasteiger partial charge < -0.3 is 9.53 Å². The van der Waals surface area contributed by atoms with Gasteiger partial charge in [-0.25, -0.2) is 0 Å². The Morgan fingerprint density at radius 1 is 1.13 bits per heavy atom. The second-order valence-electron chi connectivity index (χ2n) is 3.35. The molecule has 0 aliphatic rings. The third kappa shape index (κ3) is 5.01. The maximum atomic E-state index is 11.1. The van der Waals surface area contributed by atoms with Gasteiger partial charge in [0.1, 0.15) is 6.61 Å². The number of carbonyl (C=O) groups excluding carboxylic acids is 2. The summed E-state index contributed by atoms with van der Waals surface area (Å²) in [7, 11) is 1.46. The maximum absolute atomic E-state index is 11.1. The van der Waals surface area contributed by atoms with Crippen LogP contribution in [-0.2, 0) is 20.9 Å². The molecule has 0 aliphatic heterocycles. The lowest BCUT2D eigenvalue weighted by molar-refractivity contribution is -0.145. The molecular weight excluding hydrogens is 191 g/mol. The van der Waals surface area contributed by atoms with Gasteiger partial charge in [0.25, 0.3) is 0 Å². The van der Waals surface area contributed by atoms with E-state index in [4.69, 9.17) is 4.74 Å². The summed E-state index contributed by atoms with van der Waals surface area (Å²) in [5, 5.41) is 0. The summed E-state index contributed by atoms with van der Waals surface area (Å²) in [5.74, 6) is -0.325. The van der Waals surface area contributed by atoms with Crippen molar-refractivity contribution in [2.24, 2.45) is 0 Å². The molecule has 0 aliphatic carbocycles. The first kappa shape index (κ1) is 11.5. The lowest BCUT2D eigenvalue weighted by atomic mass is 9.98. The molecule has 0 N–H and O–H groups in total. The Morgan fingerprint density at radius 3 is 2.40 bits per heavy atom. The molecule has 4 heteroatoms. The topological polar surface area (TPSA) is 43.4 Å². The Balaban J connectivity index is 2.26. The molecule has 0 amide bonds. The van der Waals surface area contributed by atoms with E-state index in [9.17, 15) is 9.59 Å². The summed E-state index contributed by atoms with van der Waals surface area (Å²) in [6, 6.07) is 9.45. The standard InChI is InChI=1S/C11H13BO3/c12-10(13)6-7-11(14)15-8-9-4-2-1-3-5-9/h1-5H,6-8,12H2. The van der Waals surface area contributed by atoms with Crippen LogP contribution in [0.25, 0.3) is 0 Å². The molecule has 0 atom stereocenters. The second kappa shape index (κ2) is 6.01. The average Bonchev–Trinajstić information content (AvgIpc) is 2.25. The number of benzene rings is 1. The fourth-order valence-corrected chi connectivity index (χ4v) is 1.09. The Kier molecular flexibility index (Phi) is 4.61. The summed E-state index contributed by atoms with van der Waals surface area (Å²) in [5.41, 5.74) is 0.959. The van der Waals surface area contributed by atoms with E-state index >= 15 is 0 Å². The van der Waals surface area contributed by atoms with E-state index in [1.165, 1.54) is 7.85 Å². The van der Waals surface area contributed by atoms with Gasteiger partial charge in [0, 0.05) is 6.42 Å². The van der Waals surface area contributed by atoms with E-state index in [0.717, 1.165) is 5.56 Å². The molecule has 78 valence electrons. The zero-order valence-corrected chi connectivity index (χ0v) is 8.73. The molecule has 0 radical (unpaired) electrons. The van der Waals surface area contributed by atoms with Crippen molar-refractivity contribution in [1.29, 1.82) is 0 Å². The van der Waals surface area contributed by atoms with Gasteiger partial charge in [0.2, 0.25) is 0 Å². The third-order valence-electron chi connectivity index (χ3n) is 1.92. The van der Waals surface area contributed by atoms with E-state index in [2.05, 4.69) is 0 Å². The first-order chi connectivity index (χ1) is 7.18. The van der Waals surface area contributed by atoms with Crippen LogP contribution in [0.2, 0.25) is 0 Å². The molecule has 0 saturated heterocycles. The maximum Gasteiger partial charge on any atom is 0.306 e. The van der Waals surface area contributed by atoms with Gasteiger partial charge in [-0.3, -0.25) is 4.79 Å². The highest BCUT2D eigenvalue weighted by Gasteiger charge is 2.04. The Hall–Kier alpha value is -1.58. The van der Waals surface area contributed by atoms with Crippen molar-refractivity contribution in [2.75, 3.05) is 0 Å². The first-order valence-corrected chi connectivity index (χ1v) is 4.87. The molecule has 15 heavy (non-hydrogen) atoms. The molecule has 0 saturated carbocycles. The fourth-order valence-electron chi connectivity index (χ4n) is 1.09. The van der Waals surface area contributed by atoms with Crippen LogP contribution < -0.4 is 0 Å². The molecule has 0 aromatic heterocycles. The van der Waals surface area contributed by atoms with Crippen molar-refractivity contribution in [3.63, 3.8) is 0 Å². The summed E-state index contributed by atoms with van der Waals surface area (Å²) in [6.45, 7) is 0.275. The van der Waals surface area contributed by atoms with Crippen molar-refractivity contribution in [2.45, 2.75) is 19.4 Å². The van der Waals surface area contributed by atoms with E-state index in [1.807, 2.05) is 30.3 Å². The summed E-state index contributed by atoms with van der Waals surface area (Å²) < 4.78 is 4.99. The molecule has 0 bridgehead atoms. The minimum atomic E-state index is -0.325. The molecule has 1 aromatic carbocycles. The Labute approximate surface area is 89.8 Å². The molecule has 1 aromatic rings. The first-order valence-electron chi connectivity index (χ1n) is 4.87. The van der Waals surface area contributed by atoms with Crippen LogP contribution in [0.15, 0.2) is 30.3 Å². The molecule has 0 unspecified atom stereocenters.